The lowest BCUT2D eigenvalue weighted by molar-refractivity contribution is 0.0709. The third kappa shape index (κ3) is 4.78. The van der Waals surface area contributed by atoms with E-state index in [0.29, 0.717) is 12.1 Å². The molecule has 0 aromatic rings. The molecular formula is C12H26N2O2. The van der Waals surface area contributed by atoms with Crippen molar-refractivity contribution in [1.29, 1.82) is 0 Å². The predicted molar refractivity (Wildman–Crippen MR) is 65.6 cm³/mol. The van der Waals surface area contributed by atoms with E-state index in [1.54, 1.807) is 14.2 Å². The van der Waals surface area contributed by atoms with Gasteiger partial charge in [0.1, 0.15) is 0 Å². The van der Waals surface area contributed by atoms with Crippen LogP contribution >= 0.6 is 0 Å². The molecule has 0 saturated heterocycles. The van der Waals surface area contributed by atoms with Crippen molar-refractivity contribution in [2.24, 2.45) is 5.73 Å². The monoisotopic (exact) mass is 230 g/mol. The van der Waals surface area contributed by atoms with Crippen LogP contribution in [-0.4, -0.2) is 57.5 Å². The summed E-state index contributed by atoms with van der Waals surface area (Å²) in [6, 6.07) is 1.00. The standard InChI is InChI=1S/C12H26N2O2/c1-15-8-6-14(7-9-16-2)12-5-3-4-11(13)10-12/h11-12H,3-10,13H2,1-2H3. The summed E-state index contributed by atoms with van der Waals surface area (Å²) < 4.78 is 10.3. The van der Waals surface area contributed by atoms with Gasteiger partial charge in [-0.25, -0.2) is 0 Å². The fourth-order valence-corrected chi connectivity index (χ4v) is 2.43. The minimum atomic E-state index is 0.381. The van der Waals surface area contributed by atoms with Crippen LogP contribution in [0, 0.1) is 0 Å². The van der Waals surface area contributed by atoms with Crippen LogP contribution in [0.2, 0.25) is 0 Å². The van der Waals surface area contributed by atoms with Gasteiger partial charge in [0.2, 0.25) is 0 Å². The molecule has 1 fully saturated rings. The summed E-state index contributed by atoms with van der Waals surface area (Å²) in [5.74, 6) is 0. The van der Waals surface area contributed by atoms with E-state index in [1.807, 2.05) is 0 Å². The van der Waals surface area contributed by atoms with Crippen molar-refractivity contribution in [2.45, 2.75) is 37.8 Å². The molecule has 96 valence electrons. The molecule has 2 N–H and O–H groups in total. The highest BCUT2D eigenvalue weighted by Gasteiger charge is 2.24. The number of hydrogen-bond acceptors (Lipinski definition) is 4. The minimum Gasteiger partial charge on any atom is -0.383 e. The first-order chi connectivity index (χ1) is 7.77. The second-order valence-electron chi connectivity index (χ2n) is 4.60. The molecule has 4 heteroatoms. The number of rotatable bonds is 7. The van der Waals surface area contributed by atoms with E-state index in [0.717, 1.165) is 32.7 Å². The number of hydrogen-bond donors (Lipinski definition) is 1. The van der Waals surface area contributed by atoms with Crippen LogP contribution in [0.3, 0.4) is 0 Å². The SMILES string of the molecule is COCCN(CCOC)C1CCCC(N)C1. The van der Waals surface area contributed by atoms with Gasteiger partial charge in [-0.05, 0) is 19.3 Å². The van der Waals surface area contributed by atoms with Gasteiger partial charge in [-0.1, -0.05) is 6.42 Å². The Morgan fingerprint density at radius 1 is 1.12 bits per heavy atom. The largest absolute Gasteiger partial charge is 0.383 e. The Balaban J connectivity index is 2.38. The van der Waals surface area contributed by atoms with E-state index in [2.05, 4.69) is 4.90 Å². The molecule has 2 unspecified atom stereocenters. The molecule has 2 atom stereocenters. The van der Waals surface area contributed by atoms with E-state index in [4.69, 9.17) is 15.2 Å². The van der Waals surface area contributed by atoms with Crippen LogP contribution < -0.4 is 5.73 Å². The van der Waals surface area contributed by atoms with Gasteiger partial charge < -0.3 is 15.2 Å². The zero-order valence-electron chi connectivity index (χ0n) is 10.7. The Hall–Kier alpha value is -0.160. The maximum absolute atomic E-state index is 6.03. The Morgan fingerprint density at radius 3 is 2.25 bits per heavy atom. The van der Waals surface area contributed by atoms with Crippen molar-refractivity contribution in [3.63, 3.8) is 0 Å². The molecule has 0 aromatic heterocycles. The predicted octanol–water partition coefficient (Wildman–Crippen LogP) is 0.851. The fourth-order valence-electron chi connectivity index (χ4n) is 2.43. The van der Waals surface area contributed by atoms with Crippen LogP contribution in [-0.2, 0) is 9.47 Å². The van der Waals surface area contributed by atoms with Crippen molar-refractivity contribution in [2.75, 3.05) is 40.5 Å². The maximum Gasteiger partial charge on any atom is 0.0589 e. The lowest BCUT2D eigenvalue weighted by atomic mass is 9.90. The molecule has 1 saturated carbocycles. The minimum absolute atomic E-state index is 0.381. The lowest BCUT2D eigenvalue weighted by Crippen LogP contribution is -2.45. The highest BCUT2D eigenvalue weighted by atomic mass is 16.5. The first-order valence-electron chi connectivity index (χ1n) is 6.25. The molecule has 0 amide bonds. The van der Waals surface area contributed by atoms with E-state index in [9.17, 15) is 0 Å². The molecule has 1 aliphatic carbocycles. The van der Waals surface area contributed by atoms with E-state index in [1.165, 1.54) is 19.3 Å². The summed E-state index contributed by atoms with van der Waals surface area (Å²) in [6.45, 7) is 3.54. The molecular weight excluding hydrogens is 204 g/mol. The van der Waals surface area contributed by atoms with Crippen LogP contribution in [0.25, 0.3) is 0 Å². The first kappa shape index (κ1) is 13.9. The van der Waals surface area contributed by atoms with Gasteiger partial charge in [0.25, 0.3) is 0 Å². The Bertz CT molecular complexity index is 170. The Labute approximate surface area is 99.1 Å². The number of ether oxygens (including phenoxy) is 2. The van der Waals surface area contributed by atoms with Crippen LogP contribution in [0.5, 0.6) is 0 Å². The molecule has 0 heterocycles. The zero-order valence-corrected chi connectivity index (χ0v) is 10.7. The zero-order chi connectivity index (χ0) is 11.8. The maximum atomic E-state index is 6.03. The highest BCUT2D eigenvalue weighted by Crippen LogP contribution is 2.21. The van der Waals surface area contributed by atoms with E-state index < -0.39 is 0 Å². The van der Waals surface area contributed by atoms with E-state index in [-0.39, 0.29) is 0 Å². The summed E-state index contributed by atoms with van der Waals surface area (Å²) in [4.78, 5) is 2.46. The van der Waals surface area contributed by atoms with Gasteiger partial charge in [0.15, 0.2) is 0 Å². The molecule has 0 radical (unpaired) electrons. The molecule has 0 spiro atoms. The Morgan fingerprint density at radius 2 is 1.75 bits per heavy atom. The summed E-state index contributed by atoms with van der Waals surface area (Å²) >= 11 is 0. The number of methoxy groups -OCH3 is 2. The van der Waals surface area contributed by atoms with Gasteiger partial charge in [0, 0.05) is 39.4 Å². The van der Waals surface area contributed by atoms with Crippen molar-refractivity contribution in [3.05, 3.63) is 0 Å². The molecule has 16 heavy (non-hydrogen) atoms. The summed E-state index contributed by atoms with van der Waals surface area (Å²) in [5, 5.41) is 0. The third-order valence-corrected chi connectivity index (χ3v) is 3.37. The summed E-state index contributed by atoms with van der Waals surface area (Å²) in [6.07, 6.45) is 4.82. The van der Waals surface area contributed by atoms with Crippen molar-refractivity contribution in [1.82, 2.24) is 4.90 Å². The summed E-state index contributed by atoms with van der Waals surface area (Å²) in [5.41, 5.74) is 6.03. The molecule has 4 nitrogen and oxygen atoms in total. The van der Waals surface area contributed by atoms with Gasteiger partial charge in [-0.2, -0.15) is 0 Å². The van der Waals surface area contributed by atoms with Crippen molar-refractivity contribution in [3.8, 4) is 0 Å². The number of nitrogens with zero attached hydrogens (tertiary/aromatic N) is 1. The van der Waals surface area contributed by atoms with Gasteiger partial charge >= 0.3 is 0 Å². The lowest BCUT2D eigenvalue weighted by Gasteiger charge is -2.36. The second-order valence-corrected chi connectivity index (χ2v) is 4.60. The summed E-state index contributed by atoms with van der Waals surface area (Å²) in [7, 11) is 3.50. The van der Waals surface area contributed by atoms with Crippen LogP contribution in [0.4, 0.5) is 0 Å². The second kappa shape index (κ2) is 8.01. The smallest absolute Gasteiger partial charge is 0.0589 e. The first-order valence-corrected chi connectivity index (χ1v) is 6.25. The topological polar surface area (TPSA) is 47.7 Å². The fraction of sp³-hybridized carbons (Fsp3) is 1.00. The van der Waals surface area contributed by atoms with Gasteiger partial charge in [-0.3, -0.25) is 4.90 Å². The normalized spacial score (nSPS) is 26.2. The molecule has 0 bridgehead atoms. The average molecular weight is 230 g/mol. The molecule has 0 aliphatic heterocycles. The van der Waals surface area contributed by atoms with Crippen LogP contribution in [0.1, 0.15) is 25.7 Å². The highest BCUT2D eigenvalue weighted by molar-refractivity contribution is 4.82. The van der Waals surface area contributed by atoms with E-state index >= 15 is 0 Å². The van der Waals surface area contributed by atoms with Crippen molar-refractivity contribution >= 4 is 0 Å². The third-order valence-electron chi connectivity index (χ3n) is 3.37. The molecule has 1 aliphatic rings. The van der Waals surface area contributed by atoms with Crippen molar-refractivity contribution < 1.29 is 9.47 Å². The number of nitrogens with two attached hydrogens (primary N) is 1. The van der Waals surface area contributed by atoms with Gasteiger partial charge in [-0.15, -0.1) is 0 Å². The van der Waals surface area contributed by atoms with Gasteiger partial charge in [0.05, 0.1) is 13.2 Å². The molecule has 1 rings (SSSR count). The average Bonchev–Trinajstić information content (AvgIpc) is 2.29. The quantitative estimate of drug-likeness (QED) is 0.704. The molecule has 0 aromatic carbocycles. The Kier molecular flexibility index (Phi) is 6.96. The van der Waals surface area contributed by atoms with Crippen LogP contribution in [0.15, 0.2) is 0 Å².